The lowest BCUT2D eigenvalue weighted by Gasteiger charge is -2.15. The number of carbonyl (C=O) groups is 2. The Kier molecular flexibility index (Phi) is 15.9. The maximum Gasteiger partial charge on any atom is 1.00 e. The van der Waals surface area contributed by atoms with E-state index in [-0.39, 0.29) is 6.99 Å². The molecule has 0 heterocycles. The molecule has 0 bridgehead atoms. The van der Waals surface area contributed by atoms with Crippen LogP contribution in [0, 0.1) is 6.07 Å². The molecular formula is C32H38N2O6. The summed E-state index contributed by atoms with van der Waals surface area (Å²) in [6.45, 7) is 4.19. The molecule has 0 spiro atoms. The minimum absolute atomic E-state index is 0. The quantitative estimate of drug-likeness (QED) is 0.260. The molecule has 4 rings (SSSR count). The summed E-state index contributed by atoms with van der Waals surface area (Å²) in [5.41, 5.74) is 11.0. The van der Waals surface area contributed by atoms with Crippen molar-refractivity contribution >= 4 is 11.9 Å². The summed E-state index contributed by atoms with van der Waals surface area (Å²) < 4.78 is 0. The summed E-state index contributed by atoms with van der Waals surface area (Å²) in [6, 6.07) is 38.3. The van der Waals surface area contributed by atoms with Gasteiger partial charge in [0, 0.05) is 11.1 Å². The normalized spacial score (nSPS) is 12.8. The van der Waals surface area contributed by atoms with Crippen LogP contribution in [0.1, 0.15) is 61.8 Å². The number of hydrogen-bond acceptors (Lipinski definition) is 6. The van der Waals surface area contributed by atoms with Gasteiger partial charge in [0.15, 0.2) is 0 Å². The van der Waals surface area contributed by atoms with Gasteiger partial charge in [0.2, 0.25) is 0 Å². The molecule has 4 aromatic carbocycles. The van der Waals surface area contributed by atoms with Crippen molar-refractivity contribution < 1.29 is 42.9 Å². The Balaban J connectivity index is 0.000000518. The van der Waals surface area contributed by atoms with Crippen LogP contribution in [0.25, 0.3) is 0 Å². The molecule has 8 N–H and O–H groups in total. The average molecular weight is 547 g/mol. The molecule has 0 aliphatic carbocycles. The van der Waals surface area contributed by atoms with Crippen LogP contribution in [-0.4, -0.2) is 22.2 Å². The van der Waals surface area contributed by atoms with Crippen molar-refractivity contribution in [3.05, 3.63) is 144 Å². The summed E-state index contributed by atoms with van der Waals surface area (Å²) >= 11 is 0. The van der Waals surface area contributed by atoms with Crippen molar-refractivity contribution in [3.8, 4) is 0 Å². The SMILES string of the molecule is C[C@@H]([NH3+])c1ccccc1.C[C@H]([NH3+])c1ccccc1.O=C([O-])[C@@H](O)c1c[c-]ccc1.O=C([O-])[C@@H](O)c1ccccc1.[H+]. The highest BCUT2D eigenvalue weighted by Crippen LogP contribution is 2.10. The Morgan fingerprint density at radius 1 is 0.625 bits per heavy atom. The van der Waals surface area contributed by atoms with Crippen LogP contribution in [0.2, 0.25) is 0 Å². The Bertz CT molecular complexity index is 1130. The highest BCUT2D eigenvalue weighted by Gasteiger charge is 2.05. The smallest absolute Gasteiger partial charge is 0.548 e. The van der Waals surface area contributed by atoms with E-state index in [0.29, 0.717) is 17.6 Å². The second-order valence-electron chi connectivity index (χ2n) is 8.81. The molecule has 212 valence electrons. The lowest BCUT2D eigenvalue weighted by Crippen LogP contribution is -2.51. The number of hydrogen-bond donors (Lipinski definition) is 4. The van der Waals surface area contributed by atoms with Crippen LogP contribution in [-0.2, 0) is 9.59 Å². The monoisotopic (exact) mass is 546 g/mol. The van der Waals surface area contributed by atoms with Gasteiger partial charge in [0.1, 0.15) is 18.2 Å². The lowest BCUT2D eigenvalue weighted by atomic mass is 10.1. The minimum Gasteiger partial charge on any atom is -0.548 e. The van der Waals surface area contributed by atoms with Gasteiger partial charge in [-0.1, -0.05) is 91.0 Å². The van der Waals surface area contributed by atoms with E-state index in [1.807, 2.05) is 36.4 Å². The number of aliphatic carboxylic acids is 2. The van der Waals surface area contributed by atoms with Crippen LogP contribution >= 0.6 is 0 Å². The van der Waals surface area contributed by atoms with E-state index < -0.39 is 24.1 Å². The molecule has 0 aliphatic heterocycles. The van der Waals surface area contributed by atoms with Crippen molar-refractivity contribution in [1.29, 1.82) is 0 Å². The summed E-state index contributed by atoms with van der Waals surface area (Å²) in [5.74, 6) is -2.97. The molecule has 40 heavy (non-hydrogen) atoms. The largest absolute Gasteiger partial charge is 1.00 e. The summed E-state index contributed by atoms with van der Waals surface area (Å²) in [7, 11) is 0. The molecule has 4 atom stereocenters. The number of carboxylic acids is 2. The van der Waals surface area contributed by atoms with Crippen LogP contribution in [0.3, 0.4) is 0 Å². The van der Waals surface area contributed by atoms with E-state index in [4.69, 9.17) is 10.2 Å². The number of carboxylic acid groups (broad SMARTS) is 2. The first-order valence-corrected chi connectivity index (χ1v) is 12.6. The number of aliphatic hydroxyl groups excluding tert-OH is 2. The zero-order valence-corrected chi connectivity index (χ0v) is 22.7. The minimum atomic E-state index is -1.55. The molecule has 0 saturated heterocycles. The van der Waals surface area contributed by atoms with Crippen LogP contribution in [0.4, 0.5) is 0 Å². The number of carbonyl (C=O) groups excluding carboxylic acids is 2. The van der Waals surface area contributed by atoms with Crippen molar-refractivity contribution in [3.63, 3.8) is 0 Å². The molecule has 0 fully saturated rings. The van der Waals surface area contributed by atoms with Gasteiger partial charge in [-0.2, -0.15) is 30.3 Å². The number of aliphatic hydroxyl groups is 2. The van der Waals surface area contributed by atoms with Gasteiger partial charge >= 0.3 is 1.43 Å². The molecule has 8 heteroatoms. The maximum atomic E-state index is 10.1. The van der Waals surface area contributed by atoms with Gasteiger partial charge in [0.25, 0.3) is 0 Å². The molecule has 0 aliphatic rings. The third-order valence-corrected chi connectivity index (χ3v) is 5.35. The highest BCUT2D eigenvalue weighted by molar-refractivity contribution is 5.72. The van der Waals surface area contributed by atoms with E-state index in [1.54, 1.807) is 30.3 Å². The molecule has 4 aromatic rings. The first-order valence-electron chi connectivity index (χ1n) is 12.6. The van der Waals surface area contributed by atoms with E-state index >= 15 is 0 Å². The fraction of sp³-hybridized carbons (Fsp3) is 0.188. The summed E-state index contributed by atoms with van der Waals surface area (Å²) in [5, 5.41) is 38.1. The van der Waals surface area contributed by atoms with Gasteiger partial charge in [0.05, 0.1) is 18.0 Å². The first kappa shape index (κ1) is 33.7. The second-order valence-corrected chi connectivity index (χ2v) is 8.81. The zero-order valence-electron chi connectivity index (χ0n) is 23.7. The van der Waals surface area contributed by atoms with Gasteiger partial charge in [-0.15, -0.1) is 5.56 Å². The molecule has 0 amide bonds. The third kappa shape index (κ3) is 13.5. The number of benzene rings is 4. The number of rotatable bonds is 6. The van der Waals surface area contributed by atoms with Crippen molar-refractivity contribution in [1.82, 2.24) is 0 Å². The zero-order chi connectivity index (χ0) is 29.9. The molecule has 0 radical (unpaired) electrons. The predicted octanol–water partition coefficient (Wildman–Crippen LogP) is 0.831. The Morgan fingerprint density at radius 3 is 1.23 bits per heavy atom. The highest BCUT2D eigenvalue weighted by atomic mass is 16.4. The van der Waals surface area contributed by atoms with Crippen molar-refractivity contribution in [2.45, 2.75) is 38.1 Å². The summed E-state index contributed by atoms with van der Waals surface area (Å²) in [4.78, 5) is 20.3. The molecule has 8 nitrogen and oxygen atoms in total. The molecule has 0 aromatic heterocycles. The summed E-state index contributed by atoms with van der Waals surface area (Å²) in [6.07, 6.45) is -3.07. The molecular weight excluding hydrogens is 508 g/mol. The maximum absolute atomic E-state index is 10.1. The topological polar surface area (TPSA) is 176 Å². The standard InChI is InChI=1S/2C8H11N.C8H8O3.C8H7O3/c2*1-7(9)8-5-3-2-4-6-8;2*9-7(8(10)11)6-4-2-1-3-5-6/h2*2-7H,9H2,1H3;1-5,7,9H,(H,10,11);1-2,4-5,7,9H,(H,10,11)/q;;;-1/p+1/t4*7-/m1000/s1. The van der Waals surface area contributed by atoms with Crippen molar-refractivity contribution in [2.24, 2.45) is 0 Å². The van der Waals surface area contributed by atoms with E-state index in [9.17, 15) is 19.8 Å². The number of quaternary nitrogens is 2. The van der Waals surface area contributed by atoms with Gasteiger partial charge in [-0.05, 0) is 19.4 Å². The van der Waals surface area contributed by atoms with E-state index in [1.165, 1.54) is 35.4 Å². The first-order chi connectivity index (χ1) is 19.0. The fourth-order valence-corrected chi connectivity index (χ4v) is 3.05. The van der Waals surface area contributed by atoms with Crippen LogP contribution in [0.5, 0.6) is 0 Å². The van der Waals surface area contributed by atoms with Gasteiger partial charge in [-0.3, -0.25) is 0 Å². The van der Waals surface area contributed by atoms with E-state index in [2.05, 4.69) is 55.6 Å². The third-order valence-electron chi connectivity index (χ3n) is 5.35. The average Bonchev–Trinajstić information content (AvgIpc) is 2.99. The van der Waals surface area contributed by atoms with Crippen LogP contribution in [0.15, 0.2) is 115 Å². The Morgan fingerprint density at radius 2 is 0.950 bits per heavy atom. The fourth-order valence-electron chi connectivity index (χ4n) is 3.05. The van der Waals surface area contributed by atoms with E-state index in [0.717, 1.165) is 0 Å². The van der Waals surface area contributed by atoms with Gasteiger partial charge in [-0.25, -0.2) is 0 Å². The predicted molar refractivity (Wildman–Crippen MR) is 148 cm³/mol. The second kappa shape index (κ2) is 18.8. The van der Waals surface area contributed by atoms with Crippen LogP contribution < -0.4 is 21.7 Å². The van der Waals surface area contributed by atoms with Crippen molar-refractivity contribution in [2.75, 3.05) is 0 Å². The lowest BCUT2D eigenvalue weighted by molar-refractivity contribution is -0.420. The Labute approximate surface area is 236 Å². The Hall–Kier alpha value is -4.34. The van der Waals surface area contributed by atoms with Gasteiger partial charge < -0.3 is 41.5 Å². The molecule has 0 saturated carbocycles. The molecule has 0 unspecified atom stereocenters.